The van der Waals surface area contributed by atoms with Crippen LogP contribution >= 0.6 is 0 Å². The fraction of sp³-hybridized carbons (Fsp3) is 0.353. The first kappa shape index (κ1) is 15.6. The predicted molar refractivity (Wildman–Crippen MR) is 94.1 cm³/mol. The molecule has 4 heterocycles. The number of aryl methyl sites for hydroxylation is 1. The van der Waals surface area contributed by atoms with Gasteiger partial charge in [-0.25, -0.2) is 4.52 Å². The number of amides is 1. The van der Waals surface area contributed by atoms with Gasteiger partial charge in [-0.05, 0) is 44.2 Å². The number of anilines is 2. The lowest BCUT2D eigenvalue weighted by Gasteiger charge is -2.24. The van der Waals surface area contributed by atoms with Crippen LogP contribution in [0.1, 0.15) is 22.7 Å². The van der Waals surface area contributed by atoms with Crippen LogP contribution < -0.4 is 15.5 Å². The van der Waals surface area contributed by atoms with Crippen LogP contribution in [0.15, 0.2) is 34.9 Å². The van der Waals surface area contributed by atoms with Gasteiger partial charge in [-0.3, -0.25) is 10.1 Å². The van der Waals surface area contributed by atoms with Crippen molar-refractivity contribution in [2.75, 3.05) is 36.4 Å². The average Bonchev–Trinajstić information content (AvgIpc) is 3.20. The molecule has 1 aliphatic rings. The maximum Gasteiger partial charge on any atom is 0.293 e. The molecule has 3 aromatic rings. The summed E-state index contributed by atoms with van der Waals surface area (Å²) in [5.41, 5.74) is 2.85. The van der Waals surface area contributed by atoms with Crippen molar-refractivity contribution < 1.29 is 9.21 Å². The maximum absolute atomic E-state index is 12.1. The van der Waals surface area contributed by atoms with E-state index in [-0.39, 0.29) is 17.6 Å². The molecule has 0 aromatic carbocycles. The monoisotopic (exact) mass is 340 g/mol. The van der Waals surface area contributed by atoms with Crippen LogP contribution in [0.2, 0.25) is 0 Å². The zero-order valence-electron chi connectivity index (χ0n) is 14.0. The molecule has 0 atom stereocenters. The first-order chi connectivity index (χ1) is 12.2. The number of nitrogens with zero attached hydrogens (tertiary/aromatic N) is 4. The zero-order valence-corrected chi connectivity index (χ0v) is 14.0. The fourth-order valence-electron chi connectivity index (χ4n) is 3.11. The lowest BCUT2D eigenvalue weighted by atomic mass is 10.2. The number of hydrogen-bond acceptors (Lipinski definition) is 6. The Morgan fingerprint density at radius 2 is 2.20 bits per heavy atom. The Morgan fingerprint density at radius 1 is 1.28 bits per heavy atom. The Balaban J connectivity index is 1.62. The molecular weight excluding hydrogens is 320 g/mol. The standard InChI is InChI=1S/C17H20N6O2/c1-12-13(22-9-3-7-18-8-10-22)5-6-15-19-17(21-23(12)15)20-16(24)14-4-2-11-25-14/h2,4-6,11,18H,3,7-10H2,1H3,(H,20,21,24). The molecular formula is C17H20N6O2. The van der Waals surface area contributed by atoms with Gasteiger partial charge in [0.05, 0.1) is 17.6 Å². The van der Waals surface area contributed by atoms with Crippen LogP contribution in [-0.2, 0) is 0 Å². The van der Waals surface area contributed by atoms with Gasteiger partial charge < -0.3 is 14.6 Å². The highest BCUT2D eigenvalue weighted by Gasteiger charge is 2.17. The molecule has 2 N–H and O–H groups in total. The first-order valence-corrected chi connectivity index (χ1v) is 8.39. The summed E-state index contributed by atoms with van der Waals surface area (Å²) in [4.78, 5) is 18.8. The van der Waals surface area contributed by atoms with E-state index in [0.29, 0.717) is 5.65 Å². The van der Waals surface area contributed by atoms with E-state index < -0.39 is 0 Å². The Bertz CT molecular complexity index is 878. The number of rotatable bonds is 3. The molecule has 1 saturated heterocycles. The maximum atomic E-state index is 12.1. The molecule has 1 fully saturated rings. The molecule has 1 amide bonds. The van der Waals surface area contributed by atoms with Crippen molar-refractivity contribution >= 4 is 23.2 Å². The lowest BCUT2D eigenvalue weighted by molar-refractivity contribution is 0.0996. The van der Waals surface area contributed by atoms with E-state index in [4.69, 9.17) is 4.42 Å². The van der Waals surface area contributed by atoms with Gasteiger partial charge >= 0.3 is 0 Å². The summed E-state index contributed by atoms with van der Waals surface area (Å²) >= 11 is 0. The number of nitrogens with one attached hydrogen (secondary N) is 2. The van der Waals surface area contributed by atoms with E-state index in [1.54, 1.807) is 16.6 Å². The third kappa shape index (κ3) is 3.08. The quantitative estimate of drug-likeness (QED) is 0.754. The van der Waals surface area contributed by atoms with E-state index in [2.05, 4.69) is 31.7 Å². The van der Waals surface area contributed by atoms with E-state index in [1.807, 2.05) is 13.0 Å². The van der Waals surface area contributed by atoms with Crippen LogP contribution in [0, 0.1) is 6.92 Å². The van der Waals surface area contributed by atoms with Crippen LogP contribution in [0.4, 0.5) is 11.6 Å². The number of hydrogen-bond donors (Lipinski definition) is 2. The molecule has 0 radical (unpaired) electrons. The molecule has 0 aliphatic carbocycles. The van der Waals surface area contributed by atoms with Gasteiger partial charge in [-0.15, -0.1) is 5.10 Å². The minimum Gasteiger partial charge on any atom is -0.459 e. The lowest BCUT2D eigenvalue weighted by Crippen LogP contribution is -2.28. The van der Waals surface area contributed by atoms with Gasteiger partial charge in [0.1, 0.15) is 0 Å². The van der Waals surface area contributed by atoms with Crippen molar-refractivity contribution in [3.63, 3.8) is 0 Å². The van der Waals surface area contributed by atoms with Crippen molar-refractivity contribution in [1.29, 1.82) is 0 Å². The number of furan rings is 1. The SMILES string of the molecule is Cc1c(N2CCCNCC2)ccc2nc(NC(=O)c3ccco3)nn12. The van der Waals surface area contributed by atoms with Gasteiger partial charge in [0.2, 0.25) is 5.95 Å². The van der Waals surface area contributed by atoms with Crippen molar-refractivity contribution in [3.8, 4) is 0 Å². The summed E-state index contributed by atoms with van der Waals surface area (Å²) in [5.74, 6) is 0.130. The fourth-order valence-corrected chi connectivity index (χ4v) is 3.11. The molecule has 25 heavy (non-hydrogen) atoms. The summed E-state index contributed by atoms with van der Waals surface area (Å²) in [5, 5.41) is 10.5. The normalized spacial score (nSPS) is 15.3. The molecule has 0 unspecified atom stereocenters. The van der Waals surface area contributed by atoms with Crippen molar-refractivity contribution in [1.82, 2.24) is 19.9 Å². The van der Waals surface area contributed by atoms with Crippen LogP contribution in [-0.4, -0.2) is 46.7 Å². The molecule has 8 nitrogen and oxygen atoms in total. The van der Waals surface area contributed by atoms with Crippen molar-refractivity contribution in [3.05, 3.63) is 42.0 Å². The highest BCUT2D eigenvalue weighted by Crippen LogP contribution is 2.22. The average molecular weight is 340 g/mol. The smallest absolute Gasteiger partial charge is 0.293 e. The molecule has 0 spiro atoms. The van der Waals surface area contributed by atoms with Gasteiger partial charge in [0, 0.05) is 19.6 Å². The third-order valence-electron chi connectivity index (χ3n) is 4.36. The second kappa shape index (κ2) is 6.56. The van der Waals surface area contributed by atoms with Gasteiger partial charge in [-0.1, -0.05) is 0 Å². The molecule has 3 aromatic heterocycles. The second-order valence-electron chi connectivity index (χ2n) is 6.03. The highest BCUT2D eigenvalue weighted by molar-refractivity contribution is 6.01. The molecule has 4 rings (SSSR count). The molecule has 0 bridgehead atoms. The number of carbonyl (C=O) groups excluding carboxylic acids is 1. The molecule has 0 saturated carbocycles. The molecule has 1 aliphatic heterocycles. The number of aromatic nitrogens is 3. The van der Waals surface area contributed by atoms with Crippen LogP contribution in [0.5, 0.6) is 0 Å². The summed E-state index contributed by atoms with van der Waals surface area (Å²) in [6, 6.07) is 7.26. The van der Waals surface area contributed by atoms with E-state index in [0.717, 1.165) is 44.0 Å². The van der Waals surface area contributed by atoms with Gasteiger partial charge in [0.15, 0.2) is 11.4 Å². The van der Waals surface area contributed by atoms with Gasteiger partial charge in [0.25, 0.3) is 5.91 Å². The minimum absolute atomic E-state index is 0.230. The third-order valence-corrected chi connectivity index (χ3v) is 4.36. The summed E-state index contributed by atoms with van der Waals surface area (Å²) in [6.45, 7) is 6.01. The Hall–Kier alpha value is -2.87. The minimum atomic E-state index is -0.364. The topological polar surface area (TPSA) is 87.7 Å². The second-order valence-corrected chi connectivity index (χ2v) is 6.03. The number of fused-ring (bicyclic) bond motifs is 1. The van der Waals surface area contributed by atoms with E-state index in [9.17, 15) is 4.79 Å². The Kier molecular flexibility index (Phi) is 4.10. The number of pyridine rings is 1. The summed E-state index contributed by atoms with van der Waals surface area (Å²) < 4.78 is 6.86. The molecule has 8 heteroatoms. The molecule has 130 valence electrons. The zero-order chi connectivity index (χ0) is 17.2. The Morgan fingerprint density at radius 3 is 3.04 bits per heavy atom. The Labute approximate surface area is 144 Å². The van der Waals surface area contributed by atoms with E-state index >= 15 is 0 Å². The van der Waals surface area contributed by atoms with Gasteiger partial charge in [-0.2, -0.15) is 4.98 Å². The summed E-state index contributed by atoms with van der Waals surface area (Å²) in [6.07, 6.45) is 2.57. The van der Waals surface area contributed by atoms with Crippen LogP contribution in [0.25, 0.3) is 5.65 Å². The van der Waals surface area contributed by atoms with Crippen LogP contribution in [0.3, 0.4) is 0 Å². The summed E-state index contributed by atoms with van der Waals surface area (Å²) in [7, 11) is 0. The van der Waals surface area contributed by atoms with Crippen molar-refractivity contribution in [2.45, 2.75) is 13.3 Å². The first-order valence-electron chi connectivity index (χ1n) is 8.39. The highest BCUT2D eigenvalue weighted by atomic mass is 16.3. The number of carbonyl (C=O) groups is 1. The van der Waals surface area contributed by atoms with E-state index in [1.165, 1.54) is 6.26 Å². The van der Waals surface area contributed by atoms with Crippen molar-refractivity contribution in [2.24, 2.45) is 0 Å². The largest absolute Gasteiger partial charge is 0.459 e. The predicted octanol–water partition coefficient (Wildman–Crippen LogP) is 1.68.